The molecule has 2 aromatic heterocycles. The zero-order valence-electron chi connectivity index (χ0n) is 28.1. The van der Waals surface area contributed by atoms with E-state index in [1.165, 1.54) is 50.2 Å². The van der Waals surface area contributed by atoms with Crippen LogP contribution >= 0.6 is 11.3 Å². The Morgan fingerprint density at radius 3 is 2.20 bits per heavy atom. The molecule has 0 saturated heterocycles. The molecule has 0 fully saturated rings. The largest absolute Gasteiger partial charge is 0.512 e. The van der Waals surface area contributed by atoms with Crippen LogP contribution < -0.4 is 0 Å². The zero-order valence-corrected chi connectivity index (χ0v) is 31.3. The van der Waals surface area contributed by atoms with E-state index in [1.807, 2.05) is 57.4 Å². The number of hydrogen-bond acceptors (Lipinski definition) is 4. The molecule has 0 unspecified atom stereocenters. The molecule has 0 spiro atoms. The van der Waals surface area contributed by atoms with Crippen molar-refractivity contribution in [2.45, 2.75) is 112 Å². The fourth-order valence-corrected chi connectivity index (χ4v) is 7.95. The standard InChI is InChI=1S/C26H26NS.C13H24O2.Ir/c1-16-15-19-21(26(4,5)13-12-25(19,2)3)20-18-11-14-27-22(24(18)28-23(16)20)17-9-7-6-8-10-17;1-5-10(6-2)12(14)9-13(15)11(7-3)8-4;/h6-9,11,14-15H,12-13H2,1-5H3;9-11,14H,5-8H2,1-4H3;/q-1;;/b;12-9-;. The van der Waals surface area contributed by atoms with E-state index in [-0.39, 0.29) is 54.3 Å². The summed E-state index contributed by atoms with van der Waals surface area (Å²) >= 11 is 1.90. The third-order valence-corrected chi connectivity index (χ3v) is 11.0. The average molecular weight is 789 g/mol. The second-order valence-electron chi connectivity index (χ2n) is 13.5. The molecule has 0 aliphatic heterocycles. The predicted octanol–water partition coefficient (Wildman–Crippen LogP) is 11.4. The summed E-state index contributed by atoms with van der Waals surface area (Å²) in [7, 11) is 0. The summed E-state index contributed by atoms with van der Waals surface area (Å²) in [5.41, 5.74) is 7.03. The molecule has 1 radical (unpaired) electrons. The molecule has 0 saturated carbocycles. The molecule has 5 heteroatoms. The van der Waals surface area contributed by atoms with Gasteiger partial charge in [-0.15, -0.1) is 47.2 Å². The molecule has 44 heavy (non-hydrogen) atoms. The van der Waals surface area contributed by atoms with Crippen molar-refractivity contribution in [3.63, 3.8) is 0 Å². The van der Waals surface area contributed by atoms with E-state index < -0.39 is 0 Å². The summed E-state index contributed by atoms with van der Waals surface area (Å²) in [6.07, 6.45) is 9.35. The van der Waals surface area contributed by atoms with Crippen LogP contribution in [0.4, 0.5) is 0 Å². The SMILES string of the molecule is CCC(CC)C(=O)/C=C(\O)C(CC)CC.Cc1cc2c(c3c1sc1c(-c4[c-]cccc4)nccc13)C(C)(C)CCC2(C)C.[Ir]. The van der Waals surface area contributed by atoms with Crippen LogP contribution in [0.25, 0.3) is 31.4 Å². The molecular weight excluding hydrogens is 739 g/mol. The normalized spacial score (nSPS) is 15.6. The number of aromatic nitrogens is 1. The average Bonchev–Trinajstić information content (AvgIpc) is 3.38. The van der Waals surface area contributed by atoms with Crippen molar-refractivity contribution in [1.82, 2.24) is 4.98 Å². The van der Waals surface area contributed by atoms with Gasteiger partial charge in [0.15, 0.2) is 5.78 Å². The maximum Gasteiger partial charge on any atom is 0.162 e. The Hall–Kier alpha value is -2.33. The predicted molar refractivity (Wildman–Crippen MR) is 185 cm³/mol. The van der Waals surface area contributed by atoms with Crippen LogP contribution in [0.1, 0.15) is 111 Å². The second kappa shape index (κ2) is 14.8. The topological polar surface area (TPSA) is 50.2 Å². The Labute approximate surface area is 282 Å². The summed E-state index contributed by atoms with van der Waals surface area (Å²) in [4.78, 5) is 16.5. The first-order valence-corrected chi connectivity index (χ1v) is 17.0. The van der Waals surface area contributed by atoms with Gasteiger partial charge in [0, 0.05) is 64.7 Å². The minimum Gasteiger partial charge on any atom is -0.512 e. The number of pyridine rings is 1. The van der Waals surface area contributed by atoms with Gasteiger partial charge in [-0.25, -0.2) is 0 Å². The van der Waals surface area contributed by atoms with Crippen molar-refractivity contribution >= 4 is 37.3 Å². The number of nitrogens with zero attached hydrogens (tertiary/aromatic N) is 1. The number of thiophene rings is 1. The smallest absolute Gasteiger partial charge is 0.162 e. The van der Waals surface area contributed by atoms with E-state index in [4.69, 9.17) is 4.98 Å². The monoisotopic (exact) mass is 789 g/mol. The summed E-state index contributed by atoms with van der Waals surface area (Å²) in [6, 6.07) is 16.2. The number of aliphatic hydroxyl groups is 1. The minimum atomic E-state index is 0. The Morgan fingerprint density at radius 2 is 1.61 bits per heavy atom. The van der Waals surface area contributed by atoms with Crippen molar-refractivity contribution in [2.75, 3.05) is 0 Å². The molecular formula is C39H50IrNO2S-. The number of ketones is 1. The van der Waals surface area contributed by atoms with Crippen LogP contribution in [0, 0.1) is 24.8 Å². The van der Waals surface area contributed by atoms with E-state index in [9.17, 15) is 9.90 Å². The molecule has 1 N–H and O–H groups in total. The summed E-state index contributed by atoms with van der Waals surface area (Å²) in [6.45, 7) is 20.0. The second-order valence-corrected chi connectivity index (χ2v) is 14.5. The number of aliphatic hydroxyl groups excluding tert-OH is 1. The molecule has 2 aromatic carbocycles. The van der Waals surface area contributed by atoms with Crippen molar-refractivity contribution in [3.05, 3.63) is 77.2 Å². The fourth-order valence-electron chi connectivity index (χ4n) is 6.67. The van der Waals surface area contributed by atoms with Crippen LogP contribution in [0.15, 0.2) is 54.4 Å². The van der Waals surface area contributed by atoms with Crippen molar-refractivity contribution < 1.29 is 30.0 Å². The van der Waals surface area contributed by atoms with Gasteiger partial charge in [-0.3, -0.25) is 4.79 Å². The third-order valence-electron chi connectivity index (χ3n) is 9.67. The maximum absolute atomic E-state index is 11.7. The molecule has 0 bridgehead atoms. The van der Waals surface area contributed by atoms with Gasteiger partial charge >= 0.3 is 0 Å². The summed E-state index contributed by atoms with van der Waals surface area (Å²) in [5.74, 6) is 0.547. The molecule has 239 valence electrons. The molecule has 3 nitrogen and oxygen atoms in total. The van der Waals surface area contributed by atoms with Gasteiger partial charge in [0.25, 0.3) is 0 Å². The first-order valence-electron chi connectivity index (χ1n) is 16.2. The molecule has 2 heterocycles. The van der Waals surface area contributed by atoms with Gasteiger partial charge in [-0.1, -0.05) is 61.5 Å². The van der Waals surface area contributed by atoms with Gasteiger partial charge in [-0.05, 0) is 84.4 Å². The molecule has 4 aromatic rings. The molecule has 0 amide bonds. The Kier molecular flexibility index (Phi) is 12.2. The van der Waals surface area contributed by atoms with Gasteiger partial charge < -0.3 is 10.1 Å². The quantitative estimate of drug-likeness (QED) is 0.110. The number of hydrogen-bond donors (Lipinski definition) is 1. The molecule has 5 rings (SSSR count). The van der Waals surface area contributed by atoms with Crippen LogP contribution in [0.5, 0.6) is 0 Å². The number of aryl methyl sites for hydroxylation is 1. The first-order chi connectivity index (χ1) is 20.4. The van der Waals surface area contributed by atoms with Gasteiger partial charge in [0.05, 0.1) is 5.76 Å². The van der Waals surface area contributed by atoms with E-state index in [0.29, 0.717) is 0 Å². The number of carbonyl (C=O) groups is 1. The van der Waals surface area contributed by atoms with Crippen molar-refractivity contribution in [3.8, 4) is 11.3 Å². The van der Waals surface area contributed by atoms with Crippen molar-refractivity contribution in [2.24, 2.45) is 11.8 Å². The Bertz CT molecular complexity index is 1610. The number of carbonyl (C=O) groups excluding carboxylic acids is 1. The Balaban J connectivity index is 0.000000286. The van der Waals surface area contributed by atoms with E-state index in [0.717, 1.165) is 36.9 Å². The number of rotatable bonds is 8. The minimum absolute atomic E-state index is 0. The molecule has 0 atom stereocenters. The molecule has 1 aliphatic rings. The van der Waals surface area contributed by atoms with Crippen LogP contribution in [0.3, 0.4) is 0 Å². The van der Waals surface area contributed by atoms with Crippen LogP contribution in [0.2, 0.25) is 0 Å². The van der Waals surface area contributed by atoms with Crippen LogP contribution in [-0.2, 0) is 35.7 Å². The van der Waals surface area contributed by atoms with Gasteiger partial charge in [0.1, 0.15) is 0 Å². The summed E-state index contributed by atoms with van der Waals surface area (Å²) in [5, 5.41) is 12.6. The number of fused-ring (bicyclic) bond motifs is 5. The van der Waals surface area contributed by atoms with Gasteiger partial charge in [-0.2, -0.15) is 0 Å². The summed E-state index contributed by atoms with van der Waals surface area (Å²) < 4.78 is 2.71. The van der Waals surface area contributed by atoms with E-state index >= 15 is 0 Å². The third kappa shape index (κ3) is 7.22. The Morgan fingerprint density at radius 1 is 0.977 bits per heavy atom. The number of benzene rings is 2. The van der Waals surface area contributed by atoms with E-state index in [2.05, 4.69) is 65.0 Å². The molecule has 1 aliphatic carbocycles. The van der Waals surface area contributed by atoms with Gasteiger partial charge in [0.2, 0.25) is 0 Å². The number of allylic oxidation sites excluding steroid dienone is 2. The fraction of sp³-hybridized carbons (Fsp3) is 0.487. The van der Waals surface area contributed by atoms with E-state index in [1.54, 1.807) is 5.56 Å². The van der Waals surface area contributed by atoms with Crippen molar-refractivity contribution in [1.29, 1.82) is 0 Å². The first kappa shape index (κ1) is 36.1. The zero-order chi connectivity index (χ0) is 31.5. The maximum atomic E-state index is 11.7. The van der Waals surface area contributed by atoms with Crippen LogP contribution in [-0.4, -0.2) is 15.9 Å².